The Balaban J connectivity index is 2.60. The monoisotopic (exact) mass is 271 g/mol. The molecule has 18 heavy (non-hydrogen) atoms. The molecular weight excluding hydrogens is 250 g/mol. The maximum Gasteiger partial charge on any atom is 0.265 e. The van der Waals surface area contributed by atoms with Crippen molar-refractivity contribution in [1.29, 1.82) is 0 Å². The second-order valence-corrected chi connectivity index (χ2v) is 4.92. The fourth-order valence-corrected chi connectivity index (χ4v) is 2.26. The summed E-state index contributed by atoms with van der Waals surface area (Å²) in [6.07, 6.45) is 0.892. The Morgan fingerprint density at radius 2 is 2.22 bits per heavy atom. The number of carbonyl (C=O) groups is 1. The van der Waals surface area contributed by atoms with Crippen LogP contribution >= 0.6 is 11.3 Å². The third kappa shape index (κ3) is 3.85. The minimum Gasteiger partial charge on any atom is -0.382 e. The van der Waals surface area contributed by atoms with Gasteiger partial charge in [0.05, 0.1) is 0 Å². The maximum atomic E-state index is 11.9. The summed E-state index contributed by atoms with van der Waals surface area (Å²) >= 11 is 1.33. The second kappa shape index (κ2) is 7.17. The normalized spacial score (nSPS) is 10.4. The van der Waals surface area contributed by atoms with E-state index in [1.807, 2.05) is 25.9 Å². The molecule has 0 aromatic carbocycles. The van der Waals surface area contributed by atoms with Gasteiger partial charge in [-0.25, -0.2) is 4.98 Å². The first-order valence-corrected chi connectivity index (χ1v) is 6.82. The molecule has 1 heterocycles. The molecule has 0 aliphatic rings. The number of carbonyl (C=O) groups excluding carboxylic acids is 1. The molecule has 0 unspecified atom stereocenters. The van der Waals surface area contributed by atoms with Gasteiger partial charge in [0.15, 0.2) is 5.13 Å². The Morgan fingerprint density at radius 3 is 2.83 bits per heavy atom. The fourth-order valence-electron chi connectivity index (χ4n) is 1.33. The molecule has 1 aromatic heterocycles. The lowest BCUT2D eigenvalue weighted by atomic mass is 10.4. The number of amides is 1. The number of nitrogens with zero attached hydrogens (tertiary/aromatic N) is 2. The summed E-state index contributed by atoms with van der Waals surface area (Å²) in [4.78, 5) is 18.5. The predicted molar refractivity (Wildman–Crippen MR) is 76.3 cm³/mol. The lowest BCUT2D eigenvalue weighted by molar-refractivity contribution is 0.0958. The number of nitrogens with two attached hydrogens (primary N) is 1. The van der Waals surface area contributed by atoms with Gasteiger partial charge in [0.1, 0.15) is 10.7 Å². The van der Waals surface area contributed by atoms with Crippen molar-refractivity contribution in [3.05, 3.63) is 4.88 Å². The topological polar surface area (TPSA) is 83.3 Å². The molecule has 7 heteroatoms. The van der Waals surface area contributed by atoms with Crippen LogP contribution in [0.4, 0.5) is 10.9 Å². The minimum atomic E-state index is -0.142. The molecule has 1 amide bonds. The predicted octanol–water partition coefficient (Wildman–Crippen LogP) is 0.521. The number of hydrogen-bond donors (Lipinski definition) is 3. The number of aromatic nitrogens is 1. The highest BCUT2D eigenvalue weighted by Gasteiger charge is 2.17. The Bertz CT molecular complexity index is 393. The fraction of sp³-hybridized carbons (Fsp3) is 0.636. The van der Waals surface area contributed by atoms with E-state index in [9.17, 15) is 4.79 Å². The van der Waals surface area contributed by atoms with Crippen LogP contribution in [0.15, 0.2) is 0 Å². The van der Waals surface area contributed by atoms with E-state index in [-0.39, 0.29) is 5.91 Å². The average Bonchev–Trinajstić information content (AvgIpc) is 2.75. The van der Waals surface area contributed by atoms with Crippen LogP contribution in [0.1, 0.15) is 23.0 Å². The molecule has 0 spiro atoms. The van der Waals surface area contributed by atoms with E-state index in [0.29, 0.717) is 17.2 Å². The summed E-state index contributed by atoms with van der Waals surface area (Å²) in [7, 11) is 3.81. The summed E-state index contributed by atoms with van der Waals surface area (Å²) in [5.74, 6) is 0.165. The molecule has 4 N–H and O–H groups in total. The molecule has 6 nitrogen and oxygen atoms in total. The van der Waals surface area contributed by atoms with Crippen LogP contribution in [0.3, 0.4) is 0 Å². The highest BCUT2D eigenvalue weighted by molar-refractivity contribution is 7.18. The standard InChI is InChI=1S/C11H21N5OS/c1-4-16(3)11-15-9(12)8(18-11)10(17)14-7-5-6-13-2/h13H,4-7,12H2,1-3H3,(H,14,17). The lowest BCUT2D eigenvalue weighted by Crippen LogP contribution is -2.26. The molecular formula is C11H21N5OS. The van der Waals surface area contributed by atoms with Crippen molar-refractivity contribution in [3.8, 4) is 0 Å². The lowest BCUT2D eigenvalue weighted by Gasteiger charge is -2.10. The van der Waals surface area contributed by atoms with Gasteiger partial charge in [-0.2, -0.15) is 0 Å². The molecule has 1 aromatic rings. The third-order valence-electron chi connectivity index (χ3n) is 2.54. The Labute approximate surface area is 112 Å². The van der Waals surface area contributed by atoms with Crippen molar-refractivity contribution in [2.24, 2.45) is 0 Å². The Morgan fingerprint density at radius 1 is 1.50 bits per heavy atom. The number of nitrogens with one attached hydrogen (secondary N) is 2. The highest BCUT2D eigenvalue weighted by Crippen LogP contribution is 2.26. The van der Waals surface area contributed by atoms with Crippen LogP contribution in [0.5, 0.6) is 0 Å². The van der Waals surface area contributed by atoms with Gasteiger partial charge >= 0.3 is 0 Å². The highest BCUT2D eigenvalue weighted by atomic mass is 32.1. The molecule has 0 bridgehead atoms. The van der Waals surface area contributed by atoms with E-state index in [1.165, 1.54) is 11.3 Å². The summed E-state index contributed by atoms with van der Waals surface area (Å²) < 4.78 is 0. The molecule has 0 fully saturated rings. The van der Waals surface area contributed by atoms with Gasteiger partial charge in [-0.05, 0) is 26.9 Å². The van der Waals surface area contributed by atoms with Crippen LogP contribution in [0.2, 0.25) is 0 Å². The van der Waals surface area contributed by atoms with Gasteiger partial charge in [0.2, 0.25) is 0 Å². The zero-order chi connectivity index (χ0) is 13.5. The van der Waals surface area contributed by atoms with Gasteiger partial charge in [-0.3, -0.25) is 4.79 Å². The van der Waals surface area contributed by atoms with E-state index in [0.717, 1.165) is 24.6 Å². The van der Waals surface area contributed by atoms with E-state index < -0.39 is 0 Å². The molecule has 0 saturated heterocycles. The average molecular weight is 271 g/mol. The van der Waals surface area contributed by atoms with Crippen LogP contribution in [0, 0.1) is 0 Å². The number of thiazole rings is 1. The van der Waals surface area contributed by atoms with Crippen molar-refractivity contribution < 1.29 is 4.79 Å². The van der Waals surface area contributed by atoms with E-state index in [2.05, 4.69) is 15.6 Å². The summed E-state index contributed by atoms with van der Waals surface area (Å²) in [5, 5.41) is 6.64. The molecule has 0 radical (unpaired) electrons. The van der Waals surface area contributed by atoms with Gasteiger partial charge in [-0.1, -0.05) is 11.3 Å². The van der Waals surface area contributed by atoms with Gasteiger partial charge in [0.25, 0.3) is 5.91 Å². The van der Waals surface area contributed by atoms with Gasteiger partial charge in [-0.15, -0.1) is 0 Å². The van der Waals surface area contributed by atoms with Gasteiger partial charge < -0.3 is 21.3 Å². The van der Waals surface area contributed by atoms with Gasteiger partial charge in [0, 0.05) is 20.1 Å². The number of hydrogen-bond acceptors (Lipinski definition) is 6. The first-order chi connectivity index (χ1) is 8.60. The number of rotatable bonds is 7. The van der Waals surface area contributed by atoms with Crippen molar-refractivity contribution >= 4 is 28.2 Å². The first kappa shape index (κ1) is 14.7. The molecule has 0 atom stereocenters. The van der Waals surface area contributed by atoms with Crippen molar-refractivity contribution in [2.45, 2.75) is 13.3 Å². The summed E-state index contributed by atoms with van der Waals surface area (Å²) in [5.41, 5.74) is 5.76. The van der Waals surface area contributed by atoms with Crippen LogP contribution < -0.4 is 21.3 Å². The second-order valence-electron chi connectivity index (χ2n) is 3.94. The third-order valence-corrected chi connectivity index (χ3v) is 3.72. The molecule has 102 valence electrons. The molecule has 0 aliphatic heterocycles. The zero-order valence-electron chi connectivity index (χ0n) is 11.1. The molecule has 0 saturated carbocycles. The smallest absolute Gasteiger partial charge is 0.265 e. The SMILES string of the molecule is CCN(C)c1nc(N)c(C(=O)NCCCNC)s1. The largest absolute Gasteiger partial charge is 0.382 e. The minimum absolute atomic E-state index is 0.142. The maximum absolute atomic E-state index is 11.9. The molecule has 0 aliphatic carbocycles. The Kier molecular flexibility index (Phi) is 5.87. The number of anilines is 2. The van der Waals surface area contributed by atoms with Crippen molar-refractivity contribution in [1.82, 2.24) is 15.6 Å². The van der Waals surface area contributed by atoms with Crippen LogP contribution in [-0.4, -0.2) is 44.6 Å². The molecule has 1 rings (SSSR count). The quantitative estimate of drug-likeness (QED) is 0.630. The van der Waals surface area contributed by atoms with Crippen molar-refractivity contribution in [3.63, 3.8) is 0 Å². The van der Waals surface area contributed by atoms with E-state index in [1.54, 1.807) is 0 Å². The van der Waals surface area contributed by atoms with Crippen LogP contribution in [-0.2, 0) is 0 Å². The first-order valence-electron chi connectivity index (χ1n) is 6.00. The number of nitrogen functional groups attached to an aromatic ring is 1. The van der Waals surface area contributed by atoms with Crippen LogP contribution in [0.25, 0.3) is 0 Å². The summed E-state index contributed by atoms with van der Waals surface area (Å²) in [6.45, 7) is 4.36. The van der Waals surface area contributed by atoms with Crippen molar-refractivity contribution in [2.75, 3.05) is 44.4 Å². The van der Waals surface area contributed by atoms with E-state index in [4.69, 9.17) is 5.73 Å². The Hall–Kier alpha value is -1.34. The van der Waals surface area contributed by atoms with E-state index >= 15 is 0 Å². The zero-order valence-corrected chi connectivity index (χ0v) is 11.9. The summed E-state index contributed by atoms with van der Waals surface area (Å²) in [6, 6.07) is 0.